The SMILES string of the molecule is CN1C(=O)CCc2cccc(-c3cc(N)n[nH]3)c21. The molecule has 5 nitrogen and oxygen atoms in total. The number of nitrogens with zero attached hydrogens (tertiary/aromatic N) is 2. The van der Waals surface area contributed by atoms with Crippen LogP contribution in [0.4, 0.5) is 11.5 Å². The minimum Gasteiger partial charge on any atom is -0.382 e. The molecular formula is C13H14N4O. The van der Waals surface area contributed by atoms with Crippen LogP contribution in [-0.4, -0.2) is 23.2 Å². The van der Waals surface area contributed by atoms with E-state index in [4.69, 9.17) is 5.73 Å². The molecule has 1 amide bonds. The molecule has 0 fully saturated rings. The second-order valence-electron chi connectivity index (χ2n) is 4.47. The highest BCUT2D eigenvalue weighted by atomic mass is 16.2. The first-order valence-corrected chi connectivity index (χ1v) is 5.86. The summed E-state index contributed by atoms with van der Waals surface area (Å²) in [6.45, 7) is 0. The van der Waals surface area contributed by atoms with Crippen molar-refractivity contribution >= 4 is 17.4 Å². The zero-order valence-corrected chi connectivity index (χ0v) is 10.1. The van der Waals surface area contributed by atoms with Crippen molar-refractivity contribution in [1.82, 2.24) is 10.2 Å². The Labute approximate surface area is 105 Å². The fourth-order valence-corrected chi connectivity index (χ4v) is 2.42. The molecule has 2 heterocycles. The second-order valence-corrected chi connectivity index (χ2v) is 4.47. The maximum Gasteiger partial charge on any atom is 0.227 e. The Morgan fingerprint density at radius 3 is 2.94 bits per heavy atom. The molecule has 0 atom stereocenters. The molecule has 0 saturated heterocycles. The zero-order chi connectivity index (χ0) is 12.7. The van der Waals surface area contributed by atoms with Crippen LogP contribution >= 0.6 is 0 Å². The summed E-state index contributed by atoms with van der Waals surface area (Å²) in [6.07, 6.45) is 1.36. The van der Waals surface area contributed by atoms with Crippen LogP contribution < -0.4 is 10.6 Å². The smallest absolute Gasteiger partial charge is 0.227 e. The van der Waals surface area contributed by atoms with Gasteiger partial charge in [-0.1, -0.05) is 18.2 Å². The number of aromatic nitrogens is 2. The van der Waals surface area contributed by atoms with E-state index in [-0.39, 0.29) is 5.91 Å². The highest BCUT2D eigenvalue weighted by Crippen LogP contribution is 2.36. The summed E-state index contributed by atoms with van der Waals surface area (Å²) >= 11 is 0. The van der Waals surface area contributed by atoms with Crippen molar-refractivity contribution in [2.24, 2.45) is 0 Å². The van der Waals surface area contributed by atoms with Crippen LogP contribution in [0.15, 0.2) is 24.3 Å². The zero-order valence-electron chi connectivity index (χ0n) is 10.1. The fourth-order valence-electron chi connectivity index (χ4n) is 2.42. The molecule has 1 aromatic heterocycles. The molecule has 3 N–H and O–H groups in total. The number of aromatic amines is 1. The van der Waals surface area contributed by atoms with Crippen LogP contribution in [0.2, 0.25) is 0 Å². The van der Waals surface area contributed by atoms with Crippen LogP contribution in [0.25, 0.3) is 11.3 Å². The van der Waals surface area contributed by atoms with Gasteiger partial charge in [0.1, 0.15) is 5.82 Å². The number of nitrogen functional groups attached to an aromatic ring is 1. The molecule has 0 spiro atoms. The minimum atomic E-state index is 0.141. The number of para-hydroxylation sites is 1. The lowest BCUT2D eigenvalue weighted by Gasteiger charge is -2.27. The van der Waals surface area contributed by atoms with Gasteiger partial charge in [0, 0.05) is 25.1 Å². The van der Waals surface area contributed by atoms with Gasteiger partial charge in [0.15, 0.2) is 0 Å². The third-order valence-electron chi connectivity index (χ3n) is 3.33. The number of rotatable bonds is 1. The first-order chi connectivity index (χ1) is 8.66. The van der Waals surface area contributed by atoms with Crippen LogP contribution in [0.1, 0.15) is 12.0 Å². The Kier molecular flexibility index (Phi) is 2.33. The summed E-state index contributed by atoms with van der Waals surface area (Å²) in [4.78, 5) is 13.5. The minimum absolute atomic E-state index is 0.141. The lowest BCUT2D eigenvalue weighted by molar-refractivity contribution is -0.118. The molecule has 1 aliphatic heterocycles. The van der Waals surface area contributed by atoms with Crippen molar-refractivity contribution in [3.63, 3.8) is 0 Å². The molecule has 0 bridgehead atoms. The molecule has 0 unspecified atom stereocenters. The fraction of sp³-hybridized carbons (Fsp3) is 0.231. The van der Waals surface area contributed by atoms with E-state index >= 15 is 0 Å². The number of benzene rings is 1. The maximum absolute atomic E-state index is 11.8. The number of aryl methyl sites for hydroxylation is 1. The van der Waals surface area contributed by atoms with Crippen molar-refractivity contribution in [2.45, 2.75) is 12.8 Å². The molecule has 0 aliphatic carbocycles. The third kappa shape index (κ3) is 1.55. The molecular weight excluding hydrogens is 228 g/mol. The van der Waals surface area contributed by atoms with Crippen LogP contribution in [0, 0.1) is 0 Å². The van der Waals surface area contributed by atoms with E-state index in [2.05, 4.69) is 16.3 Å². The highest BCUT2D eigenvalue weighted by molar-refractivity contribution is 6.00. The van der Waals surface area contributed by atoms with E-state index in [0.717, 1.165) is 23.4 Å². The van der Waals surface area contributed by atoms with E-state index in [1.54, 1.807) is 11.0 Å². The van der Waals surface area contributed by atoms with E-state index in [1.807, 2.05) is 19.2 Å². The van der Waals surface area contributed by atoms with Crippen LogP contribution in [0.5, 0.6) is 0 Å². The number of carbonyl (C=O) groups excluding carboxylic acids is 1. The predicted molar refractivity (Wildman–Crippen MR) is 70.2 cm³/mol. The summed E-state index contributed by atoms with van der Waals surface area (Å²) in [5.41, 5.74) is 9.57. The lowest BCUT2D eigenvalue weighted by atomic mass is 9.96. The Hall–Kier alpha value is -2.30. The van der Waals surface area contributed by atoms with Crippen molar-refractivity contribution in [3.05, 3.63) is 29.8 Å². The van der Waals surface area contributed by atoms with Crippen LogP contribution in [-0.2, 0) is 11.2 Å². The number of nitrogens with one attached hydrogen (secondary N) is 1. The maximum atomic E-state index is 11.8. The van der Waals surface area contributed by atoms with E-state index < -0.39 is 0 Å². The second kappa shape index (κ2) is 3.87. The third-order valence-corrected chi connectivity index (χ3v) is 3.33. The summed E-state index contributed by atoms with van der Waals surface area (Å²) in [5, 5.41) is 6.83. The van der Waals surface area contributed by atoms with Crippen molar-refractivity contribution in [3.8, 4) is 11.3 Å². The topological polar surface area (TPSA) is 75.0 Å². The first kappa shape index (κ1) is 10.8. The predicted octanol–water partition coefficient (Wildman–Crippen LogP) is 1.57. The van der Waals surface area contributed by atoms with Gasteiger partial charge in [-0.15, -0.1) is 0 Å². The number of carbonyl (C=O) groups is 1. The van der Waals surface area contributed by atoms with Crippen molar-refractivity contribution in [2.75, 3.05) is 17.7 Å². The normalized spacial score (nSPS) is 14.7. The lowest BCUT2D eigenvalue weighted by Crippen LogP contribution is -2.31. The molecule has 5 heteroatoms. The molecule has 2 aromatic rings. The Balaban J connectivity index is 2.19. The van der Waals surface area contributed by atoms with E-state index in [0.29, 0.717) is 12.2 Å². The molecule has 0 saturated carbocycles. The van der Waals surface area contributed by atoms with Gasteiger partial charge in [-0.3, -0.25) is 9.89 Å². The summed E-state index contributed by atoms with van der Waals surface area (Å²) < 4.78 is 0. The van der Waals surface area contributed by atoms with Crippen molar-refractivity contribution < 1.29 is 4.79 Å². The summed E-state index contributed by atoms with van der Waals surface area (Å²) in [5.74, 6) is 0.592. The van der Waals surface area contributed by atoms with Gasteiger partial charge < -0.3 is 10.6 Å². The van der Waals surface area contributed by atoms with Gasteiger partial charge in [0.05, 0.1) is 11.4 Å². The molecule has 1 aromatic carbocycles. The van der Waals surface area contributed by atoms with Gasteiger partial charge in [-0.2, -0.15) is 5.10 Å². The van der Waals surface area contributed by atoms with E-state index in [1.165, 1.54) is 5.56 Å². The molecule has 3 rings (SSSR count). The number of H-pyrrole nitrogens is 1. The Morgan fingerprint density at radius 2 is 2.22 bits per heavy atom. The number of hydrogen-bond acceptors (Lipinski definition) is 3. The van der Waals surface area contributed by atoms with Crippen molar-refractivity contribution in [1.29, 1.82) is 0 Å². The summed E-state index contributed by atoms with van der Waals surface area (Å²) in [6, 6.07) is 7.81. The number of hydrogen-bond donors (Lipinski definition) is 2. The number of fused-ring (bicyclic) bond motifs is 1. The first-order valence-electron chi connectivity index (χ1n) is 5.86. The average Bonchev–Trinajstić information content (AvgIpc) is 2.80. The number of nitrogens with two attached hydrogens (primary N) is 1. The van der Waals surface area contributed by atoms with Gasteiger partial charge in [-0.25, -0.2) is 0 Å². The summed E-state index contributed by atoms with van der Waals surface area (Å²) in [7, 11) is 1.81. The monoisotopic (exact) mass is 242 g/mol. The molecule has 18 heavy (non-hydrogen) atoms. The van der Waals surface area contributed by atoms with Crippen LogP contribution in [0.3, 0.4) is 0 Å². The van der Waals surface area contributed by atoms with Gasteiger partial charge in [0.25, 0.3) is 0 Å². The highest BCUT2D eigenvalue weighted by Gasteiger charge is 2.24. The van der Waals surface area contributed by atoms with Gasteiger partial charge >= 0.3 is 0 Å². The van der Waals surface area contributed by atoms with E-state index in [9.17, 15) is 4.79 Å². The number of anilines is 2. The standard InChI is InChI=1S/C13H14N4O/c1-17-12(18)6-5-8-3-2-4-9(13(8)17)10-7-11(14)16-15-10/h2-4,7H,5-6H2,1H3,(H3,14,15,16). The quantitative estimate of drug-likeness (QED) is 0.797. The number of amides is 1. The largest absolute Gasteiger partial charge is 0.382 e. The molecule has 1 aliphatic rings. The Morgan fingerprint density at radius 1 is 1.39 bits per heavy atom. The molecule has 92 valence electrons. The average molecular weight is 242 g/mol. The van der Waals surface area contributed by atoms with Gasteiger partial charge in [0.2, 0.25) is 5.91 Å². The molecule has 0 radical (unpaired) electrons. The Bertz CT molecular complexity index is 617. The van der Waals surface area contributed by atoms with Gasteiger partial charge in [-0.05, 0) is 12.0 Å².